The number of primary amides is 1. The molecular formula is C42H68N10O12. The van der Waals surface area contributed by atoms with Crippen LogP contribution in [0, 0.1) is 11.8 Å². The zero-order chi connectivity index (χ0) is 48.4. The summed E-state index contributed by atoms with van der Waals surface area (Å²) in [5.41, 5.74) is 17.7. The number of phenols is 1. The molecule has 0 saturated carbocycles. The maximum atomic E-state index is 14.1. The van der Waals surface area contributed by atoms with Crippen LogP contribution in [0.4, 0.5) is 0 Å². The van der Waals surface area contributed by atoms with Crippen molar-refractivity contribution >= 4 is 53.2 Å². The molecule has 15 N–H and O–H groups in total. The molecule has 1 saturated heterocycles. The molecule has 0 aliphatic carbocycles. The third-order valence-electron chi connectivity index (χ3n) is 10.6. The smallest absolute Gasteiger partial charge is 0.326 e. The highest BCUT2D eigenvalue weighted by Crippen LogP contribution is 2.21. The molecule has 2 rings (SSSR count). The molecule has 1 aromatic rings. The van der Waals surface area contributed by atoms with Crippen LogP contribution in [0.15, 0.2) is 24.3 Å². The number of aliphatic hydroxyl groups is 1. The average molecular weight is 905 g/mol. The van der Waals surface area contributed by atoms with Gasteiger partial charge in [-0.15, -0.1) is 0 Å². The van der Waals surface area contributed by atoms with Crippen LogP contribution in [0.3, 0.4) is 0 Å². The van der Waals surface area contributed by atoms with E-state index in [4.69, 9.17) is 17.2 Å². The minimum atomic E-state index is -1.75. The van der Waals surface area contributed by atoms with Crippen molar-refractivity contribution in [3.63, 3.8) is 0 Å². The molecule has 1 aliphatic rings. The molecule has 22 heteroatoms. The number of phenolic OH excluding ortho intramolecular Hbond substituents is 1. The molecule has 0 spiro atoms. The lowest BCUT2D eigenvalue weighted by Crippen LogP contribution is -2.61. The van der Waals surface area contributed by atoms with Crippen molar-refractivity contribution in [3.8, 4) is 5.75 Å². The molecule has 0 aromatic heterocycles. The molecule has 9 atom stereocenters. The van der Waals surface area contributed by atoms with Gasteiger partial charge in [0.05, 0.1) is 18.6 Å². The first-order valence-corrected chi connectivity index (χ1v) is 21.5. The summed E-state index contributed by atoms with van der Waals surface area (Å²) in [5, 5.41) is 44.6. The number of nitrogens with two attached hydrogens (primary N) is 3. The number of aromatic hydroxyl groups is 1. The van der Waals surface area contributed by atoms with Crippen molar-refractivity contribution < 1.29 is 58.5 Å². The van der Waals surface area contributed by atoms with E-state index in [1.54, 1.807) is 39.8 Å². The van der Waals surface area contributed by atoms with E-state index in [2.05, 4.69) is 31.9 Å². The van der Waals surface area contributed by atoms with E-state index in [1.165, 1.54) is 24.0 Å². The number of hydrogen-bond acceptors (Lipinski definition) is 13. The number of nitrogens with one attached hydrogen (secondary N) is 6. The van der Waals surface area contributed by atoms with E-state index in [1.807, 2.05) is 0 Å². The second-order valence-electron chi connectivity index (χ2n) is 17.0. The Bertz CT molecular complexity index is 1790. The molecule has 358 valence electrons. The number of carboxylic acid groups (broad SMARTS) is 1. The maximum Gasteiger partial charge on any atom is 0.326 e. The van der Waals surface area contributed by atoms with Crippen LogP contribution in [-0.2, 0) is 49.6 Å². The Labute approximate surface area is 372 Å². The van der Waals surface area contributed by atoms with Crippen LogP contribution < -0.4 is 49.1 Å². The molecule has 1 aliphatic heterocycles. The molecule has 64 heavy (non-hydrogen) atoms. The summed E-state index contributed by atoms with van der Waals surface area (Å²) in [6.45, 7) is 9.71. The Morgan fingerprint density at radius 1 is 0.750 bits per heavy atom. The van der Waals surface area contributed by atoms with E-state index in [0.29, 0.717) is 37.8 Å². The fraction of sp³-hybridized carbons (Fsp3) is 0.643. The van der Waals surface area contributed by atoms with Crippen molar-refractivity contribution in [3.05, 3.63) is 29.8 Å². The normalized spacial score (nSPS) is 17.4. The number of rotatable bonds is 26. The van der Waals surface area contributed by atoms with Crippen molar-refractivity contribution in [1.82, 2.24) is 36.8 Å². The fourth-order valence-corrected chi connectivity index (χ4v) is 6.96. The quantitative estimate of drug-likeness (QED) is 0.0423. The van der Waals surface area contributed by atoms with Crippen molar-refractivity contribution in [2.75, 3.05) is 13.1 Å². The van der Waals surface area contributed by atoms with E-state index in [0.717, 1.165) is 6.92 Å². The van der Waals surface area contributed by atoms with Crippen LogP contribution in [0.2, 0.25) is 0 Å². The fourth-order valence-electron chi connectivity index (χ4n) is 6.96. The van der Waals surface area contributed by atoms with Crippen molar-refractivity contribution in [2.45, 2.75) is 147 Å². The summed E-state index contributed by atoms with van der Waals surface area (Å²) >= 11 is 0. The number of carbonyl (C=O) groups is 9. The predicted molar refractivity (Wildman–Crippen MR) is 232 cm³/mol. The van der Waals surface area contributed by atoms with E-state index in [9.17, 15) is 58.5 Å². The topological polar surface area (TPSA) is 368 Å². The van der Waals surface area contributed by atoms with Gasteiger partial charge in [-0.05, 0) is 82.0 Å². The second kappa shape index (κ2) is 26.0. The monoisotopic (exact) mass is 905 g/mol. The number of likely N-dealkylation sites (tertiary alicyclic amines) is 1. The highest BCUT2D eigenvalue weighted by molar-refractivity contribution is 5.99. The first kappa shape index (κ1) is 54.3. The van der Waals surface area contributed by atoms with Crippen LogP contribution in [-0.4, -0.2) is 141 Å². The maximum absolute atomic E-state index is 14.1. The van der Waals surface area contributed by atoms with Gasteiger partial charge in [-0.25, -0.2) is 4.79 Å². The van der Waals surface area contributed by atoms with Gasteiger partial charge in [-0.3, -0.25) is 38.4 Å². The molecule has 22 nitrogen and oxygen atoms in total. The Morgan fingerprint density at radius 2 is 1.34 bits per heavy atom. The first-order valence-electron chi connectivity index (χ1n) is 21.5. The number of aliphatic carboxylic acids is 1. The summed E-state index contributed by atoms with van der Waals surface area (Å²) in [4.78, 5) is 120. The van der Waals surface area contributed by atoms with Gasteiger partial charge in [0.25, 0.3) is 0 Å². The van der Waals surface area contributed by atoms with Gasteiger partial charge in [0.15, 0.2) is 0 Å². The first-order chi connectivity index (χ1) is 30.0. The zero-order valence-electron chi connectivity index (χ0n) is 37.4. The number of hydrogen-bond donors (Lipinski definition) is 12. The lowest BCUT2D eigenvalue weighted by molar-refractivity contribution is -0.143. The van der Waals surface area contributed by atoms with Gasteiger partial charge < -0.3 is 69.3 Å². The van der Waals surface area contributed by atoms with Gasteiger partial charge in [0.1, 0.15) is 48.0 Å². The SMILES string of the molecule is CC(C)C[C@H](NC(=O)[C@H](C)NC(=O)[C@@H](NC(=O)[C@H](CC(N)=O)NC(=O)[C@@H]1CCCN1C(=O)[C@H](Cc1ccc(O)cc1)NC(=O)[C@@H](N)CCCCN)[C@@H](C)O)C(=O)N[C@H](C(=O)O)C(C)C. The molecule has 1 heterocycles. The van der Waals surface area contributed by atoms with E-state index in [-0.39, 0.29) is 37.5 Å². The van der Waals surface area contributed by atoms with Crippen LogP contribution >= 0.6 is 0 Å². The van der Waals surface area contributed by atoms with Gasteiger partial charge >= 0.3 is 5.97 Å². The minimum absolute atomic E-state index is 0.0178. The summed E-state index contributed by atoms with van der Waals surface area (Å²) in [7, 11) is 0. The number of benzene rings is 1. The Balaban J connectivity index is 2.24. The van der Waals surface area contributed by atoms with Crippen LogP contribution in [0.1, 0.15) is 92.1 Å². The van der Waals surface area contributed by atoms with Gasteiger partial charge in [-0.2, -0.15) is 0 Å². The highest BCUT2D eigenvalue weighted by atomic mass is 16.4. The average Bonchev–Trinajstić information content (AvgIpc) is 3.71. The van der Waals surface area contributed by atoms with Gasteiger partial charge in [0.2, 0.25) is 47.3 Å². The molecule has 1 fully saturated rings. The van der Waals surface area contributed by atoms with Crippen LogP contribution in [0.25, 0.3) is 0 Å². The molecule has 8 amide bonds. The summed E-state index contributed by atoms with van der Waals surface area (Å²) in [6, 6.07) is -4.57. The summed E-state index contributed by atoms with van der Waals surface area (Å²) < 4.78 is 0. The minimum Gasteiger partial charge on any atom is -0.508 e. The third kappa shape index (κ3) is 17.4. The predicted octanol–water partition coefficient (Wildman–Crippen LogP) is -2.65. The molecule has 1 aromatic carbocycles. The summed E-state index contributed by atoms with van der Waals surface area (Å²) in [5.74, 6) is -8.75. The highest BCUT2D eigenvalue weighted by Gasteiger charge is 2.40. The number of unbranched alkanes of at least 4 members (excludes halogenated alkanes) is 1. The molecule has 0 unspecified atom stereocenters. The number of aliphatic hydroxyl groups excluding tert-OH is 1. The zero-order valence-corrected chi connectivity index (χ0v) is 37.4. The van der Waals surface area contributed by atoms with Gasteiger partial charge in [0, 0.05) is 13.0 Å². The standard InChI is InChI=1S/C42H68N10O12/c1-21(2)18-28(37(58)50-33(22(3)4)42(63)64)47-35(56)23(5)46-40(61)34(24(6)53)51-38(59)29(20-32(45)55)48-39(60)31-11-9-17-52(31)41(62)30(19-25-12-14-26(54)15-13-25)49-36(57)27(44)10-7-8-16-43/h12-15,21-24,27-31,33-34,53-54H,7-11,16-20,43-44H2,1-6H3,(H2,45,55)(H,46,61)(H,47,56)(H,48,60)(H,49,57)(H,50,58)(H,51,59)(H,63,64)/t23-,24+,27-,28-,29-,30-,31-,33-,34-/m0/s1. The molecular weight excluding hydrogens is 837 g/mol. The van der Waals surface area contributed by atoms with E-state index >= 15 is 0 Å². The number of carbonyl (C=O) groups excluding carboxylic acids is 8. The molecule has 0 bridgehead atoms. The van der Waals surface area contributed by atoms with E-state index < -0.39 is 120 Å². The van der Waals surface area contributed by atoms with Gasteiger partial charge in [-0.1, -0.05) is 46.2 Å². The number of carboxylic acids is 1. The lowest BCUT2D eigenvalue weighted by Gasteiger charge is -2.31. The lowest BCUT2D eigenvalue weighted by atomic mass is 10.00. The Hall–Kier alpha value is -5.87. The summed E-state index contributed by atoms with van der Waals surface area (Å²) in [6.07, 6.45) is -0.240. The Morgan fingerprint density at radius 3 is 1.89 bits per heavy atom. The molecule has 0 radical (unpaired) electrons. The number of nitrogens with zero attached hydrogens (tertiary/aromatic N) is 1. The second-order valence-corrected chi connectivity index (χ2v) is 17.0. The van der Waals surface area contributed by atoms with Crippen molar-refractivity contribution in [1.29, 1.82) is 0 Å². The largest absolute Gasteiger partial charge is 0.508 e. The van der Waals surface area contributed by atoms with Crippen molar-refractivity contribution in [2.24, 2.45) is 29.0 Å². The van der Waals surface area contributed by atoms with Crippen LogP contribution in [0.5, 0.6) is 5.75 Å². The number of amides is 8. The third-order valence-corrected chi connectivity index (χ3v) is 10.6. The Kier molecular flexibility index (Phi) is 22.1.